The lowest BCUT2D eigenvalue weighted by Gasteiger charge is -2.21. The molecule has 0 amide bonds. The Morgan fingerprint density at radius 1 is 1.29 bits per heavy atom. The van der Waals surface area contributed by atoms with Crippen molar-refractivity contribution in [2.45, 2.75) is 32.1 Å². The lowest BCUT2D eigenvalue weighted by Crippen LogP contribution is -2.15. The van der Waals surface area contributed by atoms with Gasteiger partial charge in [-0.3, -0.25) is 0 Å². The molecule has 1 aliphatic carbocycles. The van der Waals surface area contributed by atoms with Crippen LogP contribution in [0.4, 0.5) is 4.39 Å². The summed E-state index contributed by atoms with van der Waals surface area (Å²) in [4.78, 5) is 0. The van der Waals surface area contributed by atoms with Crippen LogP contribution in [0.1, 0.15) is 37.7 Å². The molecule has 1 fully saturated rings. The third kappa shape index (κ3) is 3.20. The second-order valence-electron chi connectivity index (χ2n) is 4.57. The van der Waals surface area contributed by atoms with Crippen molar-refractivity contribution in [3.63, 3.8) is 0 Å². The van der Waals surface area contributed by atoms with Gasteiger partial charge in [-0.05, 0) is 37.0 Å². The Labute approximate surface area is 101 Å². The van der Waals surface area contributed by atoms with Gasteiger partial charge in [0.2, 0.25) is 0 Å². The van der Waals surface area contributed by atoms with Crippen LogP contribution in [-0.4, -0.2) is 6.61 Å². The van der Waals surface area contributed by atoms with Crippen molar-refractivity contribution < 1.29 is 9.13 Å². The fourth-order valence-corrected chi connectivity index (χ4v) is 2.25. The van der Waals surface area contributed by atoms with Crippen LogP contribution < -0.4 is 4.74 Å². The van der Waals surface area contributed by atoms with E-state index in [-0.39, 0.29) is 5.75 Å². The summed E-state index contributed by atoms with van der Waals surface area (Å²) >= 11 is 0. The van der Waals surface area contributed by atoms with Gasteiger partial charge in [0.15, 0.2) is 11.6 Å². The van der Waals surface area contributed by atoms with Gasteiger partial charge >= 0.3 is 0 Å². The van der Waals surface area contributed by atoms with Crippen LogP contribution in [0.25, 0.3) is 0 Å². The predicted molar refractivity (Wildman–Crippen MR) is 63.2 cm³/mol. The summed E-state index contributed by atoms with van der Waals surface area (Å²) < 4.78 is 19.0. The monoisotopic (exact) mass is 233 g/mol. The second kappa shape index (κ2) is 5.67. The van der Waals surface area contributed by atoms with Crippen LogP contribution in [0, 0.1) is 23.1 Å². The Bertz CT molecular complexity index is 419. The average Bonchev–Trinajstić information content (AvgIpc) is 2.38. The van der Waals surface area contributed by atoms with Crippen molar-refractivity contribution in [2.24, 2.45) is 5.92 Å². The highest BCUT2D eigenvalue weighted by atomic mass is 19.1. The van der Waals surface area contributed by atoms with E-state index in [1.54, 1.807) is 6.07 Å². The first-order chi connectivity index (χ1) is 8.29. The van der Waals surface area contributed by atoms with E-state index in [1.807, 2.05) is 6.07 Å². The first kappa shape index (κ1) is 11.9. The molecule has 2 rings (SSSR count). The third-order valence-electron chi connectivity index (χ3n) is 3.26. The van der Waals surface area contributed by atoms with Crippen molar-refractivity contribution >= 4 is 0 Å². The maximum absolute atomic E-state index is 13.5. The van der Waals surface area contributed by atoms with Gasteiger partial charge in [0.05, 0.1) is 18.2 Å². The Hall–Kier alpha value is -1.56. The summed E-state index contributed by atoms with van der Waals surface area (Å²) in [5.74, 6) is 0.369. The normalized spacial score (nSPS) is 16.5. The Morgan fingerprint density at radius 2 is 2.06 bits per heavy atom. The number of rotatable bonds is 3. The molecule has 1 aliphatic rings. The van der Waals surface area contributed by atoms with E-state index in [1.165, 1.54) is 44.2 Å². The number of hydrogen-bond donors (Lipinski definition) is 0. The molecule has 1 saturated carbocycles. The Morgan fingerprint density at radius 3 is 2.71 bits per heavy atom. The van der Waals surface area contributed by atoms with Gasteiger partial charge in [0.1, 0.15) is 0 Å². The molecule has 0 unspecified atom stereocenters. The minimum Gasteiger partial charge on any atom is -0.490 e. The van der Waals surface area contributed by atoms with Crippen molar-refractivity contribution in [1.29, 1.82) is 5.26 Å². The maximum atomic E-state index is 13.5. The molecular formula is C14H16FNO. The smallest absolute Gasteiger partial charge is 0.166 e. The number of benzene rings is 1. The summed E-state index contributed by atoms with van der Waals surface area (Å²) in [6, 6.07) is 6.24. The standard InChI is InChI=1S/C14H16FNO/c15-13-8-12(9-16)6-7-14(13)17-10-11-4-2-1-3-5-11/h6-8,11H,1-5,10H2. The lowest BCUT2D eigenvalue weighted by molar-refractivity contribution is 0.202. The lowest BCUT2D eigenvalue weighted by atomic mass is 9.90. The molecule has 0 radical (unpaired) electrons. The highest BCUT2D eigenvalue weighted by molar-refractivity contribution is 5.35. The highest BCUT2D eigenvalue weighted by Crippen LogP contribution is 2.25. The molecule has 0 atom stereocenters. The number of hydrogen-bond acceptors (Lipinski definition) is 2. The molecule has 0 aromatic heterocycles. The molecular weight excluding hydrogens is 217 g/mol. The van der Waals surface area contributed by atoms with E-state index >= 15 is 0 Å². The summed E-state index contributed by atoms with van der Waals surface area (Å²) in [5.41, 5.74) is 0.326. The SMILES string of the molecule is N#Cc1ccc(OCC2CCCCC2)c(F)c1. The second-order valence-corrected chi connectivity index (χ2v) is 4.57. The van der Waals surface area contributed by atoms with E-state index in [0.29, 0.717) is 18.1 Å². The quantitative estimate of drug-likeness (QED) is 0.798. The van der Waals surface area contributed by atoms with E-state index in [4.69, 9.17) is 10.00 Å². The van der Waals surface area contributed by atoms with E-state index in [2.05, 4.69) is 0 Å². The maximum Gasteiger partial charge on any atom is 0.166 e. The molecule has 0 spiro atoms. The van der Waals surface area contributed by atoms with Crippen molar-refractivity contribution in [3.05, 3.63) is 29.6 Å². The molecule has 1 aromatic carbocycles. The first-order valence-corrected chi connectivity index (χ1v) is 6.12. The van der Waals surface area contributed by atoms with E-state index in [9.17, 15) is 4.39 Å². The summed E-state index contributed by atoms with van der Waals surface area (Å²) in [6.45, 7) is 0.586. The number of nitrogens with zero attached hydrogens (tertiary/aromatic N) is 1. The zero-order valence-corrected chi connectivity index (χ0v) is 9.79. The fourth-order valence-electron chi connectivity index (χ4n) is 2.25. The number of halogens is 1. The van der Waals surface area contributed by atoms with Crippen LogP contribution >= 0.6 is 0 Å². The van der Waals surface area contributed by atoms with Crippen molar-refractivity contribution in [3.8, 4) is 11.8 Å². The molecule has 1 aromatic rings. The van der Waals surface area contributed by atoms with Gasteiger partial charge in [0.25, 0.3) is 0 Å². The van der Waals surface area contributed by atoms with Gasteiger partial charge < -0.3 is 4.74 Å². The largest absolute Gasteiger partial charge is 0.490 e. The van der Waals surface area contributed by atoms with Crippen LogP contribution in [0.3, 0.4) is 0 Å². The zero-order chi connectivity index (χ0) is 12.1. The Kier molecular flexibility index (Phi) is 3.98. The molecule has 90 valence electrons. The van der Waals surface area contributed by atoms with Crippen molar-refractivity contribution in [1.82, 2.24) is 0 Å². The molecule has 0 aliphatic heterocycles. The summed E-state index contributed by atoms with van der Waals surface area (Å²) in [6.07, 6.45) is 6.17. The van der Waals surface area contributed by atoms with Gasteiger partial charge in [0, 0.05) is 0 Å². The summed E-state index contributed by atoms with van der Waals surface area (Å²) in [7, 11) is 0. The van der Waals surface area contributed by atoms with Gasteiger partial charge in [-0.25, -0.2) is 4.39 Å². The minimum absolute atomic E-state index is 0.259. The van der Waals surface area contributed by atoms with Gasteiger partial charge in [-0.15, -0.1) is 0 Å². The molecule has 17 heavy (non-hydrogen) atoms. The van der Waals surface area contributed by atoms with Crippen molar-refractivity contribution in [2.75, 3.05) is 6.61 Å². The topological polar surface area (TPSA) is 33.0 Å². The molecule has 0 N–H and O–H groups in total. The minimum atomic E-state index is -0.445. The number of ether oxygens (including phenoxy) is 1. The Balaban J connectivity index is 1.92. The third-order valence-corrected chi connectivity index (χ3v) is 3.26. The van der Waals surface area contributed by atoms with Crippen LogP contribution in [0.2, 0.25) is 0 Å². The molecule has 0 bridgehead atoms. The molecule has 0 saturated heterocycles. The molecule has 0 heterocycles. The molecule has 3 heteroatoms. The molecule has 2 nitrogen and oxygen atoms in total. The van der Waals surface area contributed by atoms with Crippen LogP contribution in [-0.2, 0) is 0 Å². The first-order valence-electron chi connectivity index (χ1n) is 6.12. The van der Waals surface area contributed by atoms with Gasteiger partial charge in [-0.2, -0.15) is 5.26 Å². The van der Waals surface area contributed by atoms with Gasteiger partial charge in [-0.1, -0.05) is 19.3 Å². The average molecular weight is 233 g/mol. The van der Waals surface area contributed by atoms with E-state index in [0.717, 1.165) is 0 Å². The predicted octanol–water partition coefficient (Wildman–Crippen LogP) is 3.66. The van der Waals surface area contributed by atoms with Crippen LogP contribution in [0.15, 0.2) is 18.2 Å². The summed E-state index contributed by atoms with van der Waals surface area (Å²) in [5, 5.41) is 8.63. The zero-order valence-electron chi connectivity index (χ0n) is 9.79. The number of nitriles is 1. The highest BCUT2D eigenvalue weighted by Gasteiger charge is 2.15. The fraction of sp³-hybridized carbons (Fsp3) is 0.500. The van der Waals surface area contributed by atoms with Crippen LogP contribution in [0.5, 0.6) is 5.75 Å². The van der Waals surface area contributed by atoms with E-state index < -0.39 is 5.82 Å².